The number of carbonyl (C=O) groups is 1. The van der Waals surface area contributed by atoms with Gasteiger partial charge in [-0.3, -0.25) is 4.79 Å². The Kier molecular flexibility index (Phi) is 7.39. The van der Waals surface area contributed by atoms with Gasteiger partial charge in [0.1, 0.15) is 5.82 Å². The molecule has 2 aromatic carbocycles. The van der Waals surface area contributed by atoms with Gasteiger partial charge in [0.05, 0.1) is 24.0 Å². The van der Waals surface area contributed by atoms with Crippen LogP contribution in [0.5, 0.6) is 0 Å². The normalized spacial score (nSPS) is 10.5. The smallest absolute Gasteiger partial charge is 0.234 e. The van der Waals surface area contributed by atoms with Crippen LogP contribution in [0.2, 0.25) is 0 Å². The largest absolute Gasteiger partial charge is 0.383 e. The van der Waals surface area contributed by atoms with E-state index in [1.165, 1.54) is 11.8 Å². The Hall–Kier alpha value is -3.15. The number of aromatic nitrogens is 3. The van der Waals surface area contributed by atoms with Gasteiger partial charge in [-0.25, -0.2) is 0 Å². The summed E-state index contributed by atoms with van der Waals surface area (Å²) in [6, 6.07) is 18.9. The molecule has 148 valence electrons. The number of hydrogen-bond acceptors (Lipinski definition) is 6. The van der Waals surface area contributed by atoms with Crippen molar-refractivity contribution < 1.29 is 9.53 Å². The van der Waals surface area contributed by atoms with Crippen molar-refractivity contribution in [1.82, 2.24) is 14.8 Å². The standard InChI is InChI=1S/C21H21N5O2S/c1-28-12-11-26-19(13-16-5-3-2-4-6-16)24-25-21(26)29-15-20(27)23-18-9-7-17(14-22)8-10-18/h2-10H,11-13,15H2,1H3,(H,23,27). The van der Waals surface area contributed by atoms with Crippen LogP contribution in [0, 0.1) is 11.3 Å². The van der Waals surface area contributed by atoms with Crippen molar-refractivity contribution in [1.29, 1.82) is 5.26 Å². The average molecular weight is 407 g/mol. The number of amides is 1. The van der Waals surface area contributed by atoms with E-state index < -0.39 is 0 Å². The lowest BCUT2D eigenvalue weighted by Crippen LogP contribution is -2.15. The van der Waals surface area contributed by atoms with E-state index in [2.05, 4.69) is 21.6 Å². The monoisotopic (exact) mass is 407 g/mol. The van der Waals surface area contributed by atoms with E-state index in [0.29, 0.717) is 36.0 Å². The lowest BCUT2D eigenvalue weighted by molar-refractivity contribution is -0.113. The number of hydrogen-bond donors (Lipinski definition) is 1. The molecule has 1 amide bonds. The zero-order valence-electron chi connectivity index (χ0n) is 16.0. The fourth-order valence-corrected chi connectivity index (χ4v) is 3.48. The predicted octanol–water partition coefficient (Wildman–Crippen LogP) is 3.12. The molecule has 3 aromatic rings. The molecule has 0 saturated heterocycles. The predicted molar refractivity (Wildman–Crippen MR) is 112 cm³/mol. The summed E-state index contributed by atoms with van der Waals surface area (Å²) in [5, 5.41) is 20.9. The average Bonchev–Trinajstić information content (AvgIpc) is 3.13. The molecule has 0 aliphatic carbocycles. The van der Waals surface area contributed by atoms with Crippen molar-refractivity contribution in [2.75, 3.05) is 24.8 Å². The number of thioether (sulfide) groups is 1. The molecule has 1 heterocycles. The first-order chi connectivity index (χ1) is 14.2. The van der Waals surface area contributed by atoms with E-state index in [4.69, 9.17) is 10.00 Å². The molecule has 0 aliphatic rings. The molecule has 0 unspecified atom stereocenters. The number of nitrogens with one attached hydrogen (secondary N) is 1. The molecular formula is C21H21N5O2S. The minimum atomic E-state index is -0.148. The number of methoxy groups -OCH3 is 1. The Balaban J connectivity index is 1.64. The summed E-state index contributed by atoms with van der Waals surface area (Å²) in [6.45, 7) is 1.15. The molecule has 1 aromatic heterocycles. The van der Waals surface area contributed by atoms with Gasteiger partial charge >= 0.3 is 0 Å². The second kappa shape index (κ2) is 10.4. The fraction of sp³-hybridized carbons (Fsp3) is 0.238. The van der Waals surface area contributed by atoms with E-state index in [0.717, 1.165) is 11.4 Å². The van der Waals surface area contributed by atoms with Crippen LogP contribution in [0.15, 0.2) is 59.8 Å². The molecular weight excluding hydrogens is 386 g/mol. The first-order valence-corrected chi connectivity index (χ1v) is 10.1. The van der Waals surface area contributed by atoms with Crippen LogP contribution in [0.1, 0.15) is 17.0 Å². The molecule has 1 N–H and O–H groups in total. The van der Waals surface area contributed by atoms with E-state index in [9.17, 15) is 4.79 Å². The minimum Gasteiger partial charge on any atom is -0.383 e. The van der Waals surface area contributed by atoms with Crippen molar-refractivity contribution in [3.05, 3.63) is 71.5 Å². The van der Waals surface area contributed by atoms with Crippen molar-refractivity contribution in [2.24, 2.45) is 0 Å². The van der Waals surface area contributed by atoms with Gasteiger partial charge in [-0.1, -0.05) is 42.1 Å². The maximum Gasteiger partial charge on any atom is 0.234 e. The molecule has 29 heavy (non-hydrogen) atoms. The zero-order valence-corrected chi connectivity index (χ0v) is 16.9. The van der Waals surface area contributed by atoms with E-state index in [1.807, 2.05) is 34.9 Å². The van der Waals surface area contributed by atoms with Gasteiger partial charge in [-0.2, -0.15) is 5.26 Å². The van der Waals surface area contributed by atoms with Gasteiger partial charge in [0.25, 0.3) is 0 Å². The Labute approximate surface area is 173 Å². The quantitative estimate of drug-likeness (QED) is 0.548. The van der Waals surface area contributed by atoms with Crippen molar-refractivity contribution >= 4 is 23.4 Å². The van der Waals surface area contributed by atoms with Crippen molar-refractivity contribution in [2.45, 2.75) is 18.1 Å². The highest BCUT2D eigenvalue weighted by Gasteiger charge is 2.15. The molecule has 0 atom stereocenters. The summed E-state index contributed by atoms with van der Waals surface area (Å²) < 4.78 is 7.21. The SMILES string of the molecule is COCCn1c(Cc2ccccc2)nnc1SCC(=O)Nc1ccc(C#N)cc1. The lowest BCUT2D eigenvalue weighted by atomic mass is 10.1. The zero-order chi connectivity index (χ0) is 20.5. The van der Waals surface area contributed by atoms with Crippen LogP contribution in [-0.4, -0.2) is 40.1 Å². The molecule has 0 spiro atoms. The number of anilines is 1. The molecule has 0 bridgehead atoms. The number of nitriles is 1. The maximum absolute atomic E-state index is 12.3. The number of rotatable bonds is 9. The third kappa shape index (κ3) is 5.91. The molecule has 8 heteroatoms. The van der Waals surface area contributed by atoms with Crippen LogP contribution >= 0.6 is 11.8 Å². The third-order valence-corrected chi connectivity index (χ3v) is 5.11. The third-order valence-electron chi connectivity index (χ3n) is 4.15. The van der Waals surface area contributed by atoms with E-state index in [1.54, 1.807) is 31.4 Å². The Bertz CT molecular complexity index is 981. The Morgan fingerprint density at radius 1 is 1.17 bits per heavy atom. The molecule has 0 radical (unpaired) electrons. The number of carbonyl (C=O) groups excluding carboxylic acids is 1. The first kappa shape index (κ1) is 20.6. The van der Waals surface area contributed by atoms with E-state index >= 15 is 0 Å². The highest BCUT2D eigenvalue weighted by molar-refractivity contribution is 7.99. The van der Waals surface area contributed by atoms with Crippen LogP contribution < -0.4 is 5.32 Å². The van der Waals surface area contributed by atoms with Crippen LogP contribution in [0.4, 0.5) is 5.69 Å². The molecule has 0 aliphatic heterocycles. The summed E-state index contributed by atoms with van der Waals surface area (Å²) in [7, 11) is 1.65. The lowest BCUT2D eigenvalue weighted by Gasteiger charge is -2.10. The first-order valence-electron chi connectivity index (χ1n) is 9.07. The Morgan fingerprint density at radius 2 is 1.93 bits per heavy atom. The Morgan fingerprint density at radius 3 is 2.62 bits per heavy atom. The summed E-state index contributed by atoms with van der Waals surface area (Å²) in [6.07, 6.45) is 0.662. The second-order valence-electron chi connectivity index (χ2n) is 6.23. The highest BCUT2D eigenvalue weighted by Crippen LogP contribution is 2.19. The van der Waals surface area contributed by atoms with Gasteiger partial charge in [-0.15, -0.1) is 10.2 Å². The second-order valence-corrected chi connectivity index (χ2v) is 7.17. The molecule has 7 nitrogen and oxygen atoms in total. The minimum absolute atomic E-state index is 0.148. The van der Waals surface area contributed by atoms with Gasteiger partial charge in [0.2, 0.25) is 5.91 Å². The maximum atomic E-state index is 12.3. The summed E-state index contributed by atoms with van der Waals surface area (Å²) in [5.74, 6) is 0.894. The highest BCUT2D eigenvalue weighted by atomic mass is 32.2. The van der Waals surface area contributed by atoms with Gasteiger partial charge < -0.3 is 14.6 Å². The van der Waals surface area contributed by atoms with Crippen molar-refractivity contribution in [3.8, 4) is 6.07 Å². The summed E-state index contributed by atoms with van der Waals surface area (Å²) in [4.78, 5) is 12.3. The molecule has 0 fully saturated rings. The molecule has 0 saturated carbocycles. The van der Waals surface area contributed by atoms with Crippen LogP contribution in [-0.2, 0) is 22.5 Å². The van der Waals surface area contributed by atoms with E-state index in [-0.39, 0.29) is 11.7 Å². The summed E-state index contributed by atoms with van der Waals surface area (Å²) in [5.41, 5.74) is 2.35. The number of nitrogens with zero attached hydrogens (tertiary/aromatic N) is 4. The number of ether oxygens (including phenoxy) is 1. The van der Waals surface area contributed by atoms with Gasteiger partial charge in [0, 0.05) is 25.8 Å². The van der Waals surface area contributed by atoms with Crippen molar-refractivity contribution in [3.63, 3.8) is 0 Å². The molecule has 3 rings (SSSR count). The summed E-state index contributed by atoms with van der Waals surface area (Å²) >= 11 is 1.33. The van der Waals surface area contributed by atoms with Gasteiger partial charge in [0.15, 0.2) is 5.16 Å². The number of benzene rings is 2. The topological polar surface area (TPSA) is 92.8 Å². The van der Waals surface area contributed by atoms with Gasteiger partial charge in [-0.05, 0) is 29.8 Å². The fourth-order valence-electron chi connectivity index (χ4n) is 2.70. The van der Waals surface area contributed by atoms with Crippen LogP contribution in [0.3, 0.4) is 0 Å². The van der Waals surface area contributed by atoms with Crippen LogP contribution in [0.25, 0.3) is 0 Å².